The van der Waals surface area contributed by atoms with Crippen LogP contribution in [0.25, 0.3) is 22.2 Å². The van der Waals surface area contributed by atoms with E-state index >= 15 is 0 Å². The van der Waals surface area contributed by atoms with Crippen LogP contribution < -0.4 is 5.32 Å². The minimum Gasteiger partial charge on any atom is -0.318 e. The second-order valence-electron chi connectivity index (χ2n) is 7.11. The maximum atomic E-state index is 14.6. The van der Waals surface area contributed by atoms with E-state index in [0.717, 1.165) is 5.56 Å². The molecule has 5 aromatic rings. The number of halogens is 1. The zero-order valence-corrected chi connectivity index (χ0v) is 16.5. The van der Waals surface area contributed by atoms with Crippen molar-refractivity contribution >= 4 is 22.5 Å². The Morgan fingerprint density at radius 1 is 1.22 bits per heavy atom. The predicted octanol–water partition coefficient (Wildman–Crippen LogP) is 3.46. The number of nitrogens with one attached hydrogen (secondary N) is 3. The first-order chi connectivity index (χ1) is 15.6. The van der Waals surface area contributed by atoms with Gasteiger partial charge in [-0.15, -0.1) is 0 Å². The van der Waals surface area contributed by atoms with Crippen LogP contribution in [0.1, 0.15) is 21.6 Å². The van der Waals surface area contributed by atoms with Gasteiger partial charge in [0.15, 0.2) is 5.69 Å². The molecule has 3 N–H and O–H groups in total. The molecule has 0 atom stereocenters. The number of carbonyl (C=O) groups is 1. The van der Waals surface area contributed by atoms with Crippen LogP contribution in [-0.2, 0) is 6.54 Å². The summed E-state index contributed by atoms with van der Waals surface area (Å²) in [7, 11) is 0. The van der Waals surface area contributed by atoms with Crippen molar-refractivity contribution in [1.29, 1.82) is 5.26 Å². The van der Waals surface area contributed by atoms with E-state index in [9.17, 15) is 9.18 Å². The summed E-state index contributed by atoms with van der Waals surface area (Å²) in [6, 6.07) is 13.8. The normalized spacial score (nSPS) is 10.9. The zero-order chi connectivity index (χ0) is 22.1. The Morgan fingerprint density at radius 3 is 2.94 bits per heavy atom. The summed E-state index contributed by atoms with van der Waals surface area (Å²) in [6.07, 6.45) is 4.71. The molecule has 10 heteroatoms. The molecular formula is C22H15FN8O. The van der Waals surface area contributed by atoms with E-state index in [4.69, 9.17) is 5.26 Å². The average molecular weight is 426 g/mol. The van der Waals surface area contributed by atoms with Crippen LogP contribution in [0, 0.1) is 17.1 Å². The fourth-order valence-electron chi connectivity index (χ4n) is 3.45. The number of amides is 1. The largest absolute Gasteiger partial charge is 0.318 e. The van der Waals surface area contributed by atoms with E-state index in [1.54, 1.807) is 41.2 Å². The van der Waals surface area contributed by atoms with Gasteiger partial charge in [-0.1, -0.05) is 12.1 Å². The highest BCUT2D eigenvalue weighted by molar-refractivity contribution is 6.11. The lowest BCUT2D eigenvalue weighted by Gasteiger charge is -2.03. The van der Waals surface area contributed by atoms with Gasteiger partial charge in [0.25, 0.3) is 5.91 Å². The lowest BCUT2D eigenvalue weighted by molar-refractivity contribution is 0.102. The number of benzene rings is 2. The van der Waals surface area contributed by atoms with Crippen LogP contribution in [0.3, 0.4) is 0 Å². The van der Waals surface area contributed by atoms with Gasteiger partial charge < -0.3 is 5.32 Å². The van der Waals surface area contributed by atoms with Gasteiger partial charge in [-0.3, -0.25) is 19.7 Å². The second-order valence-corrected chi connectivity index (χ2v) is 7.11. The second kappa shape index (κ2) is 7.81. The lowest BCUT2D eigenvalue weighted by Crippen LogP contribution is -2.12. The first kappa shape index (κ1) is 19.2. The number of carbonyl (C=O) groups excluding carboxylic acids is 1. The number of hydrogen-bond donors (Lipinski definition) is 3. The Hall–Kier alpha value is -4.78. The quantitative estimate of drug-likeness (QED) is 0.396. The molecule has 3 aromatic heterocycles. The van der Waals surface area contributed by atoms with Crippen molar-refractivity contribution in [3.8, 4) is 17.3 Å². The van der Waals surface area contributed by atoms with E-state index in [1.165, 1.54) is 18.5 Å². The Bertz CT molecular complexity index is 1480. The number of anilines is 1. The Balaban J connectivity index is 1.35. The first-order valence-corrected chi connectivity index (χ1v) is 9.61. The molecule has 32 heavy (non-hydrogen) atoms. The van der Waals surface area contributed by atoms with E-state index < -0.39 is 11.7 Å². The molecule has 2 aromatic carbocycles. The summed E-state index contributed by atoms with van der Waals surface area (Å²) in [5.74, 6) is -0.986. The predicted molar refractivity (Wildman–Crippen MR) is 114 cm³/mol. The minimum absolute atomic E-state index is 0.0736. The Morgan fingerprint density at radius 2 is 2.12 bits per heavy atom. The van der Waals surface area contributed by atoms with E-state index in [-0.39, 0.29) is 5.69 Å². The standard InChI is InChI=1S/C22H15FN8O/c23-18-7-17-20(8-16(18)19-4-5-25-28-19)29-30-21(17)22(32)27-15-10-26-31(12-15)11-14-3-1-2-13(6-14)9-24/h1-8,10,12H,11H2,(H,25,28)(H,27,32)(H,29,30). The molecule has 0 saturated carbocycles. The van der Waals surface area contributed by atoms with Crippen molar-refractivity contribution in [1.82, 2.24) is 30.2 Å². The van der Waals surface area contributed by atoms with Crippen molar-refractivity contribution in [3.63, 3.8) is 0 Å². The molecule has 0 aliphatic carbocycles. The van der Waals surface area contributed by atoms with Crippen molar-refractivity contribution in [2.45, 2.75) is 6.54 Å². The first-order valence-electron chi connectivity index (χ1n) is 9.61. The van der Waals surface area contributed by atoms with Gasteiger partial charge in [-0.05, 0) is 35.9 Å². The fourth-order valence-corrected chi connectivity index (χ4v) is 3.45. The minimum atomic E-state index is -0.496. The third-order valence-electron chi connectivity index (χ3n) is 4.95. The van der Waals surface area contributed by atoms with Crippen LogP contribution in [0.15, 0.2) is 61.1 Å². The summed E-state index contributed by atoms with van der Waals surface area (Å²) < 4.78 is 16.3. The molecule has 0 saturated heterocycles. The maximum absolute atomic E-state index is 14.6. The number of rotatable bonds is 5. The van der Waals surface area contributed by atoms with Gasteiger partial charge in [0, 0.05) is 23.3 Å². The third kappa shape index (κ3) is 3.59. The van der Waals surface area contributed by atoms with Crippen molar-refractivity contribution in [2.24, 2.45) is 0 Å². The van der Waals surface area contributed by atoms with Gasteiger partial charge in [0.05, 0.1) is 41.3 Å². The van der Waals surface area contributed by atoms with E-state index in [1.807, 2.05) is 6.07 Å². The lowest BCUT2D eigenvalue weighted by atomic mass is 10.1. The molecule has 0 unspecified atom stereocenters. The number of fused-ring (bicyclic) bond motifs is 1. The van der Waals surface area contributed by atoms with Crippen molar-refractivity contribution in [3.05, 3.63) is 83.7 Å². The van der Waals surface area contributed by atoms with Crippen molar-refractivity contribution in [2.75, 3.05) is 5.32 Å². The molecule has 0 aliphatic heterocycles. The Labute approximate surface area is 180 Å². The molecular weight excluding hydrogens is 411 g/mol. The highest BCUT2D eigenvalue weighted by Gasteiger charge is 2.18. The summed E-state index contributed by atoms with van der Waals surface area (Å²) in [4.78, 5) is 12.8. The van der Waals surface area contributed by atoms with Crippen LogP contribution in [0.5, 0.6) is 0 Å². The molecule has 156 valence electrons. The molecule has 5 rings (SSSR count). The van der Waals surface area contributed by atoms with E-state index in [0.29, 0.717) is 40.0 Å². The number of aromatic amines is 2. The van der Waals surface area contributed by atoms with Crippen molar-refractivity contribution < 1.29 is 9.18 Å². The SMILES string of the molecule is N#Cc1cccc(Cn2cc(NC(=O)c3n[nH]c4cc(-c5ccn[nH]5)c(F)cc34)cn2)c1. The molecule has 0 fully saturated rings. The molecule has 0 bridgehead atoms. The molecule has 0 spiro atoms. The summed E-state index contributed by atoms with van der Waals surface area (Å²) in [5.41, 5.74) is 3.39. The maximum Gasteiger partial charge on any atom is 0.276 e. The smallest absolute Gasteiger partial charge is 0.276 e. The number of nitriles is 1. The zero-order valence-electron chi connectivity index (χ0n) is 16.5. The molecule has 0 radical (unpaired) electrons. The molecule has 3 heterocycles. The number of nitrogens with zero attached hydrogens (tertiary/aromatic N) is 5. The number of aromatic nitrogens is 6. The highest BCUT2D eigenvalue weighted by Crippen LogP contribution is 2.27. The number of hydrogen-bond acceptors (Lipinski definition) is 5. The molecule has 9 nitrogen and oxygen atoms in total. The summed E-state index contributed by atoms with van der Waals surface area (Å²) >= 11 is 0. The molecule has 0 aliphatic rings. The van der Waals surface area contributed by atoms with Gasteiger partial charge in [0.1, 0.15) is 5.82 Å². The summed E-state index contributed by atoms with van der Waals surface area (Å²) in [5, 5.41) is 29.7. The monoisotopic (exact) mass is 426 g/mol. The highest BCUT2D eigenvalue weighted by atomic mass is 19.1. The topological polar surface area (TPSA) is 128 Å². The van der Waals surface area contributed by atoms with E-state index in [2.05, 4.69) is 36.9 Å². The fraction of sp³-hybridized carbons (Fsp3) is 0.0455. The average Bonchev–Trinajstić information content (AvgIpc) is 3.54. The van der Waals surface area contributed by atoms with Crippen LogP contribution in [0.4, 0.5) is 10.1 Å². The van der Waals surface area contributed by atoms with Crippen LogP contribution in [-0.4, -0.2) is 36.1 Å². The molecule has 1 amide bonds. The third-order valence-corrected chi connectivity index (χ3v) is 4.95. The number of H-pyrrole nitrogens is 2. The van der Waals surface area contributed by atoms with Gasteiger partial charge in [-0.25, -0.2) is 4.39 Å². The van der Waals surface area contributed by atoms with Gasteiger partial charge >= 0.3 is 0 Å². The van der Waals surface area contributed by atoms with Gasteiger partial charge in [0.2, 0.25) is 0 Å². The van der Waals surface area contributed by atoms with Gasteiger partial charge in [-0.2, -0.15) is 20.6 Å². The Kier molecular flexibility index (Phi) is 4.68. The van der Waals surface area contributed by atoms with Crippen LogP contribution in [0.2, 0.25) is 0 Å². The van der Waals surface area contributed by atoms with Crippen LogP contribution >= 0.6 is 0 Å². The summed E-state index contributed by atoms with van der Waals surface area (Å²) in [6.45, 7) is 0.443.